The predicted octanol–water partition coefficient (Wildman–Crippen LogP) is 4.12. The number of ketones is 2. The van der Waals surface area contributed by atoms with Crippen LogP contribution in [0, 0.1) is 5.41 Å². The predicted molar refractivity (Wildman–Crippen MR) is 86.8 cm³/mol. The lowest BCUT2D eigenvalue weighted by Crippen LogP contribution is -2.35. The molecule has 0 bridgehead atoms. The van der Waals surface area contributed by atoms with Gasteiger partial charge in [0, 0.05) is 18.4 Å². The van der Waals surface area contributed by atoms with E-state index in [2.05, 4.69) is 0 Å². The van der Waals surface area contributed by atoms with Crippen LogP contribution in [0.25, 0.3) is 0 Å². The molecular weight excluding hydrogens is 276 g/mol. The minimum atomic E-state index is -0.790. The van der Waals surface area contributed by atoms with E-state index in [1.165, 1.54) is 0 Å². The van der Waals surface area contributed by atoms with E-state index in [-0.39, 0.29) is 29.2 Å². The zero-order valence-electron chi connectivity index (χ0n) is 13.8. The van der Waals surface area contributed by atoms with Crippen molar-refractivity contribution in [3.63, 3.8) is 0 Å². The molecule has 3 nitrogen and oxygen atoms in total. The number of benzene rings is 1. The van der Waals surface area contributed by atoms with Gasteiger partial charge in [-0.15, -0.1) is 0 Å². The van der Waals surface area contributed by atoms with Gasteiger partial charge in [0.2, 0.25) is 0 Å². The third-order valence-electron chi connectivity index (χ3n) is 4.69. The largest absolute Gasteiger partial charge is 0.512 e. The van der Waals surface area contributed by atoms with Crippen LogP contribution in [-0.2, 0) is 15.0 Å². The Balaban J connectivity index is 2.41. The van der Waals surface area contributed by atoms with Crippen molar-refractivity contribution < 1.29 is 14.7 Å². The normalized spacial score (nSPS) is 20.6. The second-order valence-corrected chi connectivity index (χ2v) is 7.30. The van der Waals surface area contributed by atoms with Crippen molar-refractivity contribution >= 4 is 11.6 Å². The molecule has 1 aliphatic carbocycles. The first-order valence-electron chi connectivity index (χ1n) is 7.66. The molecule has 0 heterocycles. The fraction of sp³-hybridized carbons (Fsp3) is 0.474. The quantitative estimate of drug-likeness (QED) is 0.909. The number of Topliss-reactive ketones (excluding diaryl/α,β-unsaturated/α-hetero) is 2. The van der Waals surface area contributed by atoms with Gasteiger partial charge in [0.05, 0.1) is 11.2 Å². The second-order valence-electron chi connectivity index (χ2n) is 7.30. The number of carbonyl (C=O) groups excluding carboxylic acids is 2. The van der Waals surface area contributed by atoms with E-state index in [0.29, 0.717) is 18.4 Å². The molecule has 1 aliphatic rings. The highest BCUT2D eigenvalue weighted by Crippen LogP contribution is 2.41. The van der Waals surface area contributed by atoms with Crippen molar-refractivity contribution in [3.8, 4) is 0 Å². The molecule has 0 fully saturated rings. The number of aliphatic hydroxyl groups is 1. The van der Waals surface area contributed by atoms with Crippen molar-refractivity contribution in [3.05, 3.63) is 47.2 Å². The van der Waals surface area contributed by atoms with Crippen LogP contribution in [-0.4, -0.2) is 16.7 Å². The summed E-state index contributed by atoms with van der Waals surface area (Å²) in [6.07, 6.45) is 1.15. The van der Waals surface area contributed by atoms with Crippen LogP contribution >= 0.6 is 0 Å². The lowest BCUT2D eigenvalue weighted by Gasteiger charge is -2.34. The van der Waals surface area contributed by atoms with Crippen molar-refractivity contribution in [2.45, 2.75) is 52.4 Å². The number of hydrogen-bond acceptors (Lipinski definition) is 3. The molecular formula is C19H24O3. The van der Waals surface area contributed by atoms with E-state index < -0.39 is 5.41 Å². The molecule has 3 heteroatoms. The van der Waals surface area contributed by atoms with Crippen molar-refractivity contribution in [1.82, 2.24) is 0 Å². The Kier molecular flexibility index (Phi) is 4.28. The van der Waals surface area contributed by atoms with E-state index in [9.17, 15) is 14.7 Å². The first-order valence-corrected chi connectivity index (χ1v) is 7.66. The van der Waals surface area contributed by atoms with E-state index in [4.69, 9.17) is 0 Å². The molecule has 0 aliphatic heterocycles. The van der Waals surface area contributed by atoms with Gasteiger partial charge in [0.15, 0.2) is 5.78 Å². The van der Waals surface area contributed by atoms with Gasteiger partial charge < -0.3 is 5.11 Å². The van der Waals surface area contributed by atoms with Crippen LogP contribution in [0.2, 0.25) is 0 Å². The van der Waals surface area contributed by atoms with E-state index >= 15 is 0 Å². The number of allylic oxidation sites excluding steroid dienone is 2. The molecule has 1 aromatic carbocycles. The average molecular weight is 300 g/mol. The average Bonchev–Trinajstić information content (AvgIpc) is 2.42. The minimum Gasteiger partial charge on any atom is -0.512 e. The zero-order valence-corrected chi connectivity index (χ0v) is 13.8. The van der Waals surface area contributed by atoms with Gasteiger partial charge in [0.1, 0.15) is 5.78 Å². The molecule has 1 unspecified atom stereocenters. The maximum absolute atomic E-state index is 12.4. The second kappa shape index (κ2) is 5.71. The molecule has 0 radical (unpaired) electrons. The highest BCUT2D eigenvalue weighted by molar-refractivity contribution is 5.99. The Hall–Kier alpha value is -1.90. The molecule has 22 heavy (non-hydrogen) atoms. The van der Waals surface area contributed by atoms with Crippen LogP contribution in [0.5, 0.6) is 0 Å². The summed E-state index contributed by atoms with van der Waals surface area (Å²) in [6, 6.07) is 9.47. The summed E-state index contributed by atoms with van der Waals surface area (Å²) in [7, 11) is 0. The topological polar surface area (TPSA) is 54.4 Å². The van der Waals surface area contributed by atoms with Gasteiger partial charge >= 0.3 is 0 Å². The Bertz CT molecular complexity index is 625. The summed E-state index contributed by atoms with van der Waals surface area (Å²) in [4.78, 5) is 24.7. The molecule has 1 atom stereocenters. The highest BCUT2D eigenvalue weighted by atomic mass is 16.3. The first-order chi connectivity index (χ1) is 10.2. The lowest BCUT2D eigenvalue weighted by atomic mass is 9.69. The number of rotatable bonds is 4. The van der Waals surface area contributed by atoms with Crippen LogP contribution in [0.15, 0.2) is 41.7 Å². The molecule has 0 spiro atoms. The molecule has 0 amide bonds. The van der Waals surface area contributed by atoms with Crippen LogP contribution < -0.4 is 0 Å². The summed E-state index contributed by atoms with van der Waals surface area (Å²) < 4.78 is 0. The summed E-state index contributed by atoms with van der Waals surface area (Å²) >= 11 is 0. The van der Waals surface area contributed by atoms with Gasteiger partial charge in [-0.2, -0.15) is 0 Å². The standard InChI is InChI=1S/C19H24O3/c1-13(20)19(4,14-8-6-5-7-9-14)10-15-16(21)11-18(2,3)12-17(15)22/h5-9,21H,10-12H2,1-4H3. The molecule has 1 aromatic rings. The number of carbonyl (C=O) groups is 2. The lowest BCUT2D eigenvalue weighted by molar-refractivity contribution is -0.122. The van der Waals surface area contributed by atoms with Crippen LogP contribution in [0.1, 0.15) is 52.5 Å². The van der Waals surface area contributed by atoms with E-state index in [1.54, 1.807) is 6.92 Å². The van der Waals surface area contributed by atoms with E-state index in [1.807, 2.05) is 51.1 Å². The Morgan fingerprint density at radius 2 is 1.82 bits per heavy atom. The van der Waals surface area contributed by atoms with Gasteiger partial charge in [0.25, 0.3) is 0 Å². The first kappa shape index (κ1) is 16.5. The third kappa shape index (κ3) is 3.13. The number of aliphatic hydroxyl groups excluding tert-OH is 1. The fourth-order valence-electron chi connectivity index (χ4n) is 3.11. The van der Waals surface area contributed by atoms with Crippen molar-refractivity contribution in [2.24, 2.45) is 5.41 Å². The Morgan fingerprint density at radius 1 is 1.23 bits per heavy atom. The maximum Gasteiger partial charge on any atom is 0.162 e. The Morgan fingerprint density at radius 3 is 2.32 bits per heavy atom. The van der Waals surface area contributed by atoms with Gasteiger partial charge in [-0.25, -0.2) is 0 Å². The van der Waals surface area contributed by atoms with Crippen molar-refractivity contribution in [1.29, 1.82) is 0 Å². The Labute approximate surface area is 132 Å². The van der Waals surface area contributed by atoms with E-state index in [0.717, 1.165) is 5.56 Å². The van der Waals surface area contributed by atoms with Crippen LogP contribution in [0.4, 0.5) is 0 Å². The summed E-state index contributed by atoms with van der Waals surface area (Å²) in [5.41, 5.74) is 0.285. The molecule has 118 valence electrons. The molecule has 1 N–H and O–H groups in total. The van der Waals surface area contributed by atoms with Gasteiger partial charge in [-0.1, -0.05) is 44.2 Å². The summed E-state index contributed by atoms with van der Waals surface area (Å²) in [5.74, 6) is 0.0958. The monoisotopic (exact) mass is 300 g/mol. The number of hydrogen-bond donors (Lipinski definition) is 1. The van der Waals surface area contributed by atoms with Crippen molar-refractivity contribution in [2.75, 3.05) is 0 Å². The molecule has 0 saturated carbocycles. The highest BCUT2D eigenvalue weighted by Gasteiger charge is 2.39. The minimum absolute atomic E-state index is 0.00312. The summed E-state index contributed by atoms with van der Waals surface area (Å²) in [5, 5.41) is 10.3. The molecule has 0 aromatic heterocycles. The SMILES string of the molecule is CC(=O)C(C)(CC1=C(O)CC(C)(C)CC1=O)c1ccccc1. The summed E-state index contributed by atoms with van der Waals surface area (Å²) in [6.45, 7) is 7.33. The van der Waals surface area contributed by atoms with Gasteiger partial charge in [-0.3, -0.25) is 9.59 Å². The third-order valence-corrected chi connectivity index (χ3v) is 4.69. The molecule has 0 saturated heterocycles. The smallest absolute Gasteiger partial charge is 0.162 e. The fourth-order valence-corrected chi connectivity index (χ4v) is 3.11. The van der Waals surface area contributed by atoms with Gasteiger partial charge in [-0.05, 0) is 31.2 Å². The zero-order chi connectivity index (χ0) is 16.5. The van der Waals surface area contributed by atoms with Crippen LogP contribution in [0.3, 0.4) is 0 Å². The molecule has 2 rings (SSSR count). The maximum atomic E-state index is 12.4.